The number of carbonyl (C=O) groups is 1. The van der Waals surface area contributed by atoms with Crippen molar-refractivity contribution in [3.05, 3.63) is 59.2 Å². The molecule has 6 nitrogen and oxygen atoms in total. The van der Waals surface area contributed by atoms with Crippen molar-refractivity contribution in [2.24, 2.45) is 0 Å². The maximum atomic E-state index is 12.7. The van der Waals surface area contributed by atoms with Crippen molar-refractivity contribution in [3.8, 4) is 5.75 Å². The van der Waals surface area contributed by atoms with E-state index in [1.54, 1.807) is 24.3 Å². The number of carbonyl (C=O) groups excluding carboxylic acids is 1. The highest BCUT2D eigenvalue weighted by Gasteiger charge is 2.21. The van der Waals surface area contributed by atoms with Gasteiger partial charge in [0.25, 0.3) is 5.91 Å². The minimum Gasteiger partial charge on any atom is -0.481 e. The minimum absolute atomic E-state index is 0.134. The van der Waals surface area contributed by atoms with Crippen LogP contribution in [0.25, 0.3) is 0 Å². The first kappa shape index (κ1) is 22.7. The van der Waals surface area contributed by atoms with Crippen molar-refractivity contribution in [1.82, 2.24) is 5.32 Å². The highest BCUT2D eigenvalue weighted by molar-refractivity contribution is 7.92. The quantitative estimate of drug-likeness (QED) is 0.709. The van der Waals surface area contributed by atoms with E-state index in [4.69, 9.17) is 4.74 Å². The third-order valence-corrected chi connectivity index (χ3v) is 6.23. The van der Waals surface area contributed by atoms with Gasteiger partial charge in [-0.2, -0.15) is 0 Å². The van der Waals surface area contributed by atoms with Crippen molar-refractivity contribution in [3.63, 3.8) is 0 Å². The van der Waals surface area contributed by atoms with Gasteiger partial charge in [-0.1, -0.05) is 25.1 Å². The Morgan fingerprint density at radius 1 is 1.10 bits per heavy atom. The average molecular weight is 419 g/mol. The van der Waals surface area contributed by atoms with Crippen LogP contribution in [-0.2, 0) is 14.8 Å². The Kier molecular flexibility index (Phi) is 7.30. The lowest BCUT2D eigenvalue weighted by molar-refractivity contribution is -0.128. The normalized spacial score (nSPS) is 13.4. The summed E-state index contributed by atoms with van der Waals surface area (Å²) in [5, 5.41) is 3.01. The number of aryl methyl sites for hydroxylation is 2. The number of nitrogens with zero attached hydrogens (tertiary/aromatic N) is 1. The van der Waals surface area contributed by atoms with Crippen molar-refractivity contribution in [2.45, 2.75) is 46.3 Å². The number of ether oxygens (including phenoxy) is 1. The number of hydrogen-bond donors (Lipinski definition) is 1. The lowest BCUT2D eigenvalue weighted by Gasteiger charge is -2.22. The van der Waals surface area contributed by atoms with Gasteiger partial charge in [0.05, 0.1) is 18.0 Å². The SMILES string of the molecule is CC[C@@H](Oc1ccc(N(C)S(C)(=O)=O)cc1)C(=O)N[C@@H](C)c1ccc(C)c(C)c1. The summed E-state index contributed by atoms with van der Waals surface area (Å²) in [6, 6.07) is 12.7. The van der Waals surface area contributed by atoms with Crippen molar-refractivity contribution in [2.75, 3.05) is 17.6 Å². The van der Waals surface area contributed by atoms with Gasteiger partial charge in [-0.3, -0.25) is 9.10 Å². The first-order chi connectivity index (χ1) is 13.5. The molecule has 0 heterocycles. The van der Waals surface area contributed by atoms with Crippen LogP contribution in [0.1, 0.15) is 43.0 Å². The molecule has 0 aromatic heterocycles. The molecule has 2 atom stereocenters. The van der Waals surface area contributed by atoms with Gasteiger partial charge in [0, 0.05) is 7.05 Å². The molecule has 0 saturated carbocycles. The second kappa shape index (κ2) is 9.31. The van der Waals surface area contributed by atoms with Crippen molar-refractivity contribution < 1.29 is 17.9 Å². The van der Waals surface area contributed by atoms with Crippen LogP contribution in [0.4, 0.5) is 5.69 Å². The van der Waals surface area contributed by atoms with Gasteiger partial charge in [-0.25, -0.2) is 8.42 Å². The highest BCUT2D eigenvalue weighted by atomic mass is 32.2. The predicted octanol–water partition coefficient (Wildman–Crippen LogP) is 3.73. The Balaban J connectivity index is 2.05. The summed E-state index contributed by atoms with van der Waals surface area (Å²) in [5.41, 5.74) is 3.98. The third kappa shape index (κ3) is 5.97. The summed E-state index contributed by atoms with van der Waals surface area (Å²) in [7, 11) is -1.84. The molecule has 0 fully saturated rings. The lowest BCUT2D eigenvalue weighted by Crippen LogP contribution is -2.39. The number of rotatable bonds is 8. The molecular weight excluding hydrogens is 388 g/mol. The summed E-state index contributed by atoms with van der Waals surface area (Å²) in [6.07, 6.45) is 1.02. The van der Waals surface area contributed by atoms with E-state index in [-0.39, 0.29) is 11.9 Å². The van der Waals surface area contributed by atoms with Crippen LogP contribution in [0.2, 0.25) is 0 Å². The molecule has 158 valence electrons. The minimum atomic E-state index is -3.33. The first-order valence-corrected chi connectivity index (χ1v) is 11.5. The molecule has 0 bridgehead atoms. The van der Waals surface area contributed by atoms with Gasteiger partial charge in [0.2, 0.25) is 10.0 Å². The maximum absolute atomic E-state index is 12.7. The Bertz CT molecular complexity index is 955. The molecule has 0 radical (unpaired) electrons. The van der Waals surface area contributed by atoms with Crippen LogP contribution in [0.15, 0.2) is 42.5 Å². The fraction of sp³-hybridized carbons (Fsp3) is 0.409. The molecular formula is C22H30N2O4S. The zero-order valence-electron chi connectivity index (χ0n) is 17.9. The second-order valence-corrected chi connectivity index (χ2v) is 9.33. The largest absolute Gasteiger partial charge is 0.481 e. The molecule has 1 N–H and O–H groups in total. The average Bonchev–Trinajstić information content (AvgIpc) is 2.67. The molecule has 0 saturated heterocycles. The van der Waals surface area contributed by atoms with E-state index in [9.17, 15) is 13.2 Å². The van der Waals surface area contributed by atoms with E-state index in [1.807, 2.05) is 19.9 Å². The van der Waals surface area contributed by atoms with E-state index < -0.39 is 16.1 Å². The van der Waals surface area contributed by atoms with Gasteiger partial charge >= 0.3 is 0 Å². The summed E-state index contributed by atoms with van der Waals surface area (Å²) in [5.74, 6) is 0.326. The van der Waals surface area contributed by atoms with Crippen LogP contribution in [0.5, 0.6) is 5.75 Å². The summed E-state index contributed by atoms with van der Waals surface area (Å²) < 4.78 is 30.3. The number of anilines is 1. The lowest BCUT2D eigenvalue weighted by atomic mass is 10.0. The van der Waals surface area contributed by atoms with Crippen molar-refractivity contribution >= 4 is 21.6 Å². The Hall–Kier alpha value is -2.54. The van der Waals surface area contributed by atoms with Crippen LogP contribution >= 0.6 is 0 Å². The first-order valence-electron chi connectivity index (χ1n) is 9.61. The molecule has 2 rings (SSSR count). The van der Waals surface area contributed by atoms with Gasteiger partial charge in [0.1, 0.15) is 5.75 Å². The van der Waals surface area contributed by atoms with Crippen molar-refractivity contribution in [1.29, 1.82) is 0 Å². The van der Waals surface area contributed by atoms with Crippen LogP contribution in [0, 0.1) is 13.8 Å². The summed E-state index contributed by atoms with van der Waals surface area (Å²) in [6.45, 7) is 7.94. The van der Waals surface area contributed by atoms with Gasteiger partial charge in [0.15, 0.2) is 6.10 Å². The Morgan fingerprint density at radius 2 is 1.72 bits per heavy atom. The fourth-order valence-electron chi connectivity index (χ4n) is 2.84. The van der Waals surface area contributed by atoms with Gasteiger partial charge in [-0.05, 0) is 68.1 Å². The fourth-order valence-corrected chi connectivity index (χ4v) is 3.34. The predicted molar refractivity (Wildman–Crippen MR) is 117 cm³/mol. The number of benzene rings is 2. The Morgan fingerprint density at radius 3 is 2.24 bits per heavy atom. The van der Waals surface area contributed by atoms with Crippen LogP contribution in [-0.4, -0.2) is 33.7 Å². The number of hydrogen-bond acceptors (Lipinski definition) is 4. The van der Waals surface area contributed by atoms with E-state index in [2.05, 4.69) is 31.3 Å². The third-order valence-electron chi connectivity index (χ3n) is 5.03. The van der Waals surface area contributed by atoms with E-state index in [0.717, 1.165) is 11.8 Å². The molecule has 29 heavy (non-hydrogen) atoms. The Labute approximate surface area is 173 Å². The monoisotopic (exact) mass is 418 g/mol. The van der Waals surface area contributed by atoms with E-state index >= 15 is 0 Å². The standard InChI is InChI=1S/C22H30N2O4S/c1-7-21(22(25)23-17(4)18-9-8-15(2)16(3)14-18)28-20-12-10-19(11-13-20)24(5)29(6,26)27/h8-14,17,21H,7H2,1-6H3,(H,23,25)/t17-,21+/m0/s1. The zero-order valence-corrected chi connectivity index (χ0v) is 18.7. The second-order valence-electron chi connectivity index (χ2n) is 7.31. The molecule has 7 heteroatoms. The van der Waals surface area contributed by atoms with Gasteiger partial charge in [-0.15, -0.1) is 0 Å². The number of nitrogens with one attached hydrogen (secondary N) is 1. The number of sulfonamides is 1. The molecule has 0 unspecified atom stereocenters. The topological polar surface area (TPSA) is 75.7 Å². The van der Waals surface area contributed by atoms with Crippen LogP contribution < -0.4 is 14.4 Å². The van der Waals surface area contributed by atoms with E-state index in [0.29, 0.717) is 17.9 Å². The van der Waals surface area contributed by atoms with Crippen LogP contribution in [0.3, 0.4) is 0 Å². The zero-order chi connectivity index (χ0) is 21.8. The van der Waals surface area contributed by atoms with E-state index in [1.165, 1.54) is 22.5 Å². The maximum Gasteiger partial charge on any atom is 0.261 e. The summed E-state index contributed by atoms with van der Waals surface area (Å²) in [4.78, 5) is 12.7. The molecule has 0 aliphatic carbocycles. The molecule has 0 spiro atoms. The smallest absolute Gasteiger partial charge is 0.261 e. The number of amides is 1. The molecule has 2 aromatic carbocycles. The molecule has 1 amide bonds. The molecule has 0 aliphatic heterocycles. The summed E-state index contributed by atoms with van der Waals surface area (Å²) >= 11 is 0. The van der Waals surface area contributed by atoms with Gasteiger partial charge < -0.3 is 10.1 Å². The molecule has 0 aliphatic rings. The molecule has 2 aromatic rings. The highest BCUT2D eigenvalue weighted by Crippen LogP contribution is 2.22.